The minimum Gasteiger partial charge on any atom is -0.343 e. The number of nitrogens with zero attached hydrogens (tertiary/aromatic N) is 2. The van der Waals surface area contributed by atoms with Crippen molar-refractivity contribution in [2.45, 2.75) is 0 Å². The van der Waals surface area contributed by atoms with Crippen LogP contribution < -0.4 is 0 Å². The van der Waals surface area contributed by atoms with Crippen molar-refractivity contribution in [1.82, 2.24) is 4.90 Å². The van der Waals surface area contributed by atoms with Crippen LogP contribution >= 0.6 is 0 Å². The lowest BCUT2D eigenvalue weighted by Crippen LogP contribution is -2.04. The van der Waals surface area contributed by atoms with Gasteiger partial charge in [-0.2, -0.15) is 0 Å². The summed E-state index contributed by atoms with van der Waals surface area (Å²) in [6.45, 7) is 0. The van der Waals surface area contributed by atoms with E-state index >= 15 is 0 Å². The van der Waals surface area contributed by atoms with Crippen LogP contribution in [0.25, 0.3) is 0 Å². The van der Waals surface area contributed by atoms with Crippen LogP contribution in [0.5, 0.6) is 0 Å². The van der Waals surface area contributed by atoms with Crippen molar-refractivity contribution in [2.75, 3.05) is 14.1 Å². The number of hydrogen-bond acceptors (Lipinski definition) is 2. The summed E-state index contributed by atoms with van der Waals surface area (Å²) in [4.78, 5) is 5.41. The van der Waals surface area contributed by atoms with Crippen molar-refractivity contribution >= 4 is 12.6 Å². The van der Waals surface area contributed by atoms with Crippen LogP contribution in [0.2, 0.25) is 0 Å². The molecule has 1 N–H and O–H groups in total. The summed E-state index contributed by atoms with van der Waals surface area (Å²) < 4.78 is 0. The first-order valence-electron chi connectivity index (χ1n) is 3.29. The molecule has 0 aliphatic carbocycles. The molecule has 0 aliphatic rings. The topological polar surface area (TPSA) is 39.5 Å². The van der Waals surface area contributed by atoms with Gasteiger partial charge in [-0.25, -0.2) is 0 Å². The second-order valence-corrected chi connectivity index (χ2v) is 1.93. The van der Waals surface area contributed by atoms with Gasteiger partial charge in [-0.05, 0) is 12.2 Å². The van der Waals surface area contributed by atoms with Gasteiger partial charge >= 0.3 is 0 Å². The molecule has 0 saturated carbocycles. The molecule has 0 radical (unpaired) electrons. The summed E-state index contributed by atoms with van der Waals surface area (Å²) >= 11 is 0. The van der Waals surface area contributed by atoms with Crippen molar-refractivity contribution in [3.05, 3.63) is 24.4 Å². The van der Waals surface area contributed by atoms with Gasteiger partial charge in [-0.1, -0.05) is 6.08 Å². The number of allylic oxidation sites excluding steroid dienone is 3. The second-order valence-electron chi connectivity index (χ2n) is 1.93. The second kappa shape index (κ2) is 6.74. The number of rotatable bonds is 4. The summed E-state index contributed by atoms with van der Waals surface area (Å²) in [5.74, 6) is 0. The van der Waals surface area contributed by atoms with Gasteiger partial charge < -0.3 is 4.90 Å². The molecule has 0 aromatic heterocycles. The third-order valence-electron chi connectivity index (χ3n) is 0.982. The van der Waals surface area contributed by atoms with E-state index in [0.29, 0.717) is 0 Å². The minimum absolute atomic E-state index is 1.23. The summed E-state index contributed by atoms with van der Waals surface area (Å²) in [5, 5.41) is 6.82. The average molecular weight is 151 g/mol. The molecular weight excluding hydrogens is 138 g/mol. The lowest BCUT2D eigenvalue weighted by molar-refractivity contribution is 0.706. The summed E-state index contributed by atoms with van der Waals surface area (Å²) in [6.07, 6.45) is 10.2. The van der Waals surface area contributed by atoms with Crippen molar-refractivity contribution in [2.24, 2.45) is 4.99 Å². The molecule has 0 rings (SSSR count). The standard InChI is InChI=1S/C8H13N3/c1-10-6-4-3-5-7-11(2)8-9/h3-9H,1-2H3/b4-3-,7-5-,9-8?,10-6+. The molecule has 0 atom stereocenters. The Morgan fingerprint density at radius 1 is 1.27 bits per heavy atom. The maximum atomic E-state index is 6.82. The van der Waals surface area contributed by atoms with E-state index in [9.17, 15) is 0 Å². The van der Waals surface area contributed by atoms with Crippen LogP contribution in [0.15, 0.2) is 29.4 Å². The van der Waals surface area contributed by atoms with Crippen molar-refractivity contribution in [3.8, 4) is 0 Å². The van der Waals surface area contributed by atoms with Crippen LogP contribution in [0.3, 0.4) is 0 Å². The maximum Gasteiger partial charge on any atom is 0.0854 e. The number of hydrogen-bond donors (Lipinski definition) is 1. The van der Waals surface area contributed by atoms with E-state index in [1.54, 1.807) is 31.4 Å². The van der Waals surface area contributed by atoms with E-state index in [1.165, 1.54) is 6.34 Å². The highest BCUT2D eigenvalue weighted by molar-refractivity contribution is 5.71. The van der Waals surface area contributed by atoms with Gasteiger partial charge in [0.15, 0.2) is 0 Å². The molecule has 0 aromatic rings. The monoisotopic (exact) mass is 151 g/mol. The first kappa shape index (κ1) is 9.62. The molecule has 0 fully saturated rings. The average Bonchev–Trinajstić information content (AvgIpc) is 2.04. The highest BCUT2D eigenvalue weighted by atomic mass is 15.1. The molecular formula is C8H13N3. The highest BCUT2D eigenvalue weighted by Crippen LogP contribution is 1.79. The highest BCUT2D eigenvalue weighted by Gasteiger charge is 1.75. The van der Waals surface area contributed by atoms with Gasteiger partial charge in [0.25, 0.3) is 0 Å². The van der Waals surface area contributed by atoms with Gasteiger partial charge in [-0.3, -0.25) is 10.4 Å². The zero-order valence-electron chi connectivity index (χ0n) is 6.86. The molecule has 0 aromatic carbocycles. The molecule has 0 unspecified atom stereocenters. The van der Waals surface area contributed by atoms with Gasteiger partial charge in [0.05, 0.1) is 6.34 Å². The van der Waals surface area contributed by atoms with Gasteiger partial charge in [0.1, 0.15) is 0 Å². The molecule has 0 spiro atoms. The van der Waals surface area contributed by atoms with Crippen LogP contribution in [0.4, 0.5) is 0 Å². The van der Waals surface area contributed by atoms with E-state index in [4.69, 9.17) is 5.41 Å². The first-order chi connectivity index (χ1) is 5.31. The molecule has 0 heterocycles. The maximum absolute atomic E-state index is 6.82. The Bertz CT molecular complexity index is 180. The number of nitrogens with one attached hydrogen (secondary N) is 1. The van der Waals surface area contributed by atoms with E-state index in [-0.39, 0.29) is 0 Å². The van der Waals surface area contributed by atoms with Gasteiger partial charge in [0, 0.05) is 26.5 Å². The van der Waals surface area contributed by atoms with Crippen LogP contribution in [-0.2, 0) is 0 Å². The smallest absolute Gasteiger partial charge is 0.0854 e. The fourth-order valence-electron chi connectivity index (χ4n) is 0.428. The van der Waals surface area contributed by atoms with Crippen molar-refractivity contribution in [3.63, 3.8) is 0 Å². The molecule has 3 nitrogen and oxygen atoms in total. The zero-order chi connectivity index (χ0) is 8.53. The molecule has 0 bridgehead atoms. The molecule has 0 amide bonds. The predicted octanol–water partition coefficient (Wildman–Crippen LogP) is 1.30. The quantitative estimate of drug-likeness (QED) is 0.367. The summed E-state index contributed by atoms with van der Waals surface area (Å²) in [6, 6.07) is 0. The molecule has 0 saturated heterocycles. The Hall–Kier alpha value is -1.38. The third kappa shape index (κ3) is 6.51. The largest absolute Gasteiger partial charge is 0.343 e. The summed E-state index contributed by atoms with van der Waals surface area (Å²) in [7, 11) is 3.52. The van der Waals surface area contributed by atoms with Gasteiger partial charge in [0.2, 0.25) is 0 Å². The molecule has 60 valence electrons. The minimum atomic E-state index is 1.23. The van der Waals surface area contributed by atoms with E-state index in [0.717, 1.165) is 0 Å². The Balaban J connectivity index is 3.67. The van der Waals surface area contributed by atoms with Gasteiger partial charge in [-0.15, -0.1) is 0 Å². The first-order valence-corrected chi connectivity index (χ1v) is 3.29. The third-order valence-corrected chi connectivity index (χ3v) is 0.982. The van der Waals surface area contributed by atoms with E-state index in [2.05, 4.69) is 4.99 Å². The SMILES string of the molecule is C/N=C/C=C\C=C/N(C)C=N. The van der Waals surface area contributed by atoms with E-state index in [1.807, 2.05) is 18.2 Å². The molecule has 0 aliphatic heterocycles. The van der Waals surface area contributed by atoms with Crippen LogP contribution in [0.1, 0.15) is 0 Å². The lowest BCUT2D eigenvalue weighted by atomic mass is 10.5. The van der Waals surface area contributed by atoms with Crippen molar-refractivity contribution in [1.29, 1.82) is 5.41 Å². The normalized spacial score (nSPS) is 11.8. The van der Waals surface area contributed by atoms with Crippen LogP contribution in [-0.4, -0.2) is 31.5 Å². The predicted molar refractivity (Wildman–Crippen MR) is 49.2 cm³/mol. The Kier molecular flexibility index (Phi) is 5.89. The molecule has 11 heavy (non-hydrogen) atoms. The Morgan fingerprint density at radius 3 is 2.55 bits per heavy atom. The van der Waals surface area contributed by atoms with Crippen LogP contribution in [0, 0.1) is 5.41 Å². The molecule has 3 heteroatoms. The summed E-state index contributed by atoms with van der Waals surface area (Å²) in [5.41, 5.74) is 0. The fourth-order valence-corrected chi connectivity index (χ4v) is 0.428. The lowest BCUT2D eigenvalue weighted by Gasteiger charge is -2.01. The van der Waals surface area contributed by atoms with Crippen molar-refractivity contribution < 1.29 is 0 Å². The number of aliphatic imine (C=N–C) groups is 1. The fraction of sp³-hybridized carbons (Fsp3) is 0.250. The Labute approximate surface area is 67.3 Å². The zero-order valence-corrected chi connectivity index (χ0v) is 6.86. The van der Waals surface area contributed by atoms with E-state index < -0.39 is 0 Å². The Morgan fingerprint density at radius 2 is 2.00 bits per heavy atom.